The minimum absolute atomic E-state index is 0.633. The van der Waals surface area contributed by atoms with E-state index in [1.54, 1.807) is 29.9 Å². The molecule has 0 radical (unpaired) electrons. The van der Waals surface area contributed by atoms with Crippen LogP contribution in [0.2, 0.25) is 0 Å². The average Bonchev–Trinajstić information content (AvgIpc) is 3.53. The van der Waals surface area contributed by atoms with E-state index in [4.69, 9.17) is 0 Å². The van der Waals surface area contributed by atoms with E-state index in [1.807, 2.05) is 18.3 Å². The Morgan fingerprint density at radius 1 is 0.964 bits per heavy atom. The van der Waals surface area contributed by atoms with Crippen molar-refractivity contribution in [1.29, 1.82) is 0 Å². The van der Waals surface area contributed by atoms with Gasteiger partial charge in [0, 0.05) is 35.3 Å². The van der Waals surface area contributed by atoms with Crippen LogP contribution in [0.5, 0.6) is 0 Å². The molecule has 0 saturated heterocycles. The minimum atomic E-state index is 0.633. The number of H-pyrrole nitrogens is 3. The van der Waals surface area contributed by atoms with Crippen molar-refractivity contribution in [3.63, 3.8) is 0 Å². The SMILES string of the molecule is c1cc(-c2ccsc2)c2[nH]c(-c3[nH]nc4ncc(-c5cn[nH]c5)cc34)nc2n1. The Morgan fingerprint density at radius 2 is 1.96 bits per heavy atom. The van der Waals surface area contributed by atoms with Gasteiger partial charge in [0.1, 0.15) is 5.69 Å². The van der Waals surface area contributed by atoms with Gasteiger partial charge in [-0.15, -0.1) is 0 Å². The third-order valence-electron chi connectivity index (χ3n) is 4.70. The van der Waals surface area contributed by atoms with Crippen LogP contribution < -0.4 is 0 Å². The van der Waals surface area contributed by atoms with E-state index in [1.165, 1.54) is 0 Å². The van der Waals surface area contributed by atoms with Crippen LogP contribution in [-0.2, 0) is 0 Å². The second-order valence-corrected chi connectivity index (χ2v) is 7.12. The van der Waals surface area contributed by atoms with Crippen molar-refractivity contribution >= 4 is 33.5 Å². The van der Waals surface area contributed by atoms with Crippen LogP contribution in [0.3, 0.4) is 0 Å². The summed E-state index contributed by atoms with van der Waals surface area (Å²) in [6.07, 6.45) is 7.16. The first-order valence-corrected chi connectivity index (χ1v) is 9.52. The Morgan fingerprint density at radius 3 is 2.82 bits per heavy atom. The molecular weight excluding hydrogens is 372 g/mol. The highest BCUT2D eigenvalue weighted by Gasteiger charge is 2.16. The van der Waals surface area contributed by atoms with Gasteiger partial charge >= 0.3 is 0 Å². The molecule has 0 aliphatic heterocycles. The molecule has 6 heterocycles. The number of nitrogens with one attached hydrogen (secondary N) is 3. The molecule has 0 amide bonds. The average molecular weight is 384 g/mol. The van der Waals surface area contributed by atoms with Gasteiger partial charge in [-0.3, -0.25) is 10.2 Å². The lowest BCUT2D eigenvalue weighted by Gasteiger charge is -1.99. The summed E-state index contributed by atoms with van der Waals surface area (Å²) in [5.74, 6) is 0.679. The molecule has 6 aromatic rings. The largest absolute Gasteiger partial charge is 0.335 e. The van der Waals surface area contributed by atoms with Crippen molar-refractivity contribution in [2.75, 3.05) is 0 Å². The summed E-state index contributed by atoms with van der Waals surface area (Å²) in [7, 11) is 0. The molecule has 0 aromatic carbocycles. The quantitative estimate of drug-likeness (QED) is 0.427. The van der Waals surface area contributed by atoms with E-state index < -0.39 is 0 Å². The van der Waals surface area contributed by atoms with Gasteiger partial charge in [-0.05, 0) is 34.5 Å². The number of aromatic nitrogens is 8. The Bertz CT molecular complexity index is 1410. The van der Waals surface area contributed by atoms with Crippen molar-refractivity contribution in [1.82, 2.24) is 40.3 Å². The molecule has 0 fully saturated rings. The van der Waals surface area contributed by atoms with Crippen LogP contribution >= 0.6 is 11.3 Å². The number of rotatable bonds is 3. The molecule has 134 valence electrons. The fourth-order valence-corrected chi connectivity index (χ4v) is 3.99. The predicted octanol–water partition coefficient (Wildman–Crippen LogP) is 4.01. The first-order valence-electron chi connectivity index (χ1n) is 8.58. The Balaban J connectivity index is 1.55. The highest BCUT2D eigenvalue weighted by atomic mass is 32.1. The molecule has 0 saturated carbocycles. The fourth-order valence-electron chi connectivity index (χ4n) is 3.33. The van der Waals surface area contributed by atoms with Crippen molar-refractivity contribution in [3.05, 3.63) is 53.7 Å². The van der Waals surface area contributed by atoms with E-state index in [-0.39, 0.29) is 0 Å². The lowest BCUT2D eigenvalue weighted by Crippen LogP contribution is -1.83. The fraction of sp³-hybridized carbons (Fsp3) is 0. The van der Waals surface area contributed by atoms with Crippen molar-refractivity contribution in [3.8, 4) is 33.8 Å². The molecule has 0 spiro atoms. The maximum atomic E-state index is 4.69. The number of nitrogens with zero attached hydrogens (tertiary/aromatic N) is 5. The molecule has 0 aliphatic rings. The van der Waals surface area contributed by atoms with Gasteiger partial charge in [-0.1, -0.05) is 0 Å². The third-order valence-corrected chi connectivity index (χ3v) is 5.39. The van der Waals surface area contributed by atoms with Gasteiger partial charge in [-0.2, -0.15) is 21.5 Å². The van der Waals surface area contributed by atoms with Crippen molar-refractivity contribution in [2.24, 2.45) is 0 Å². The summed E-state index contributed by atoms with van der Waals surface area (Å²) < 4.78 is 0. The Labute approximate surface area is 161 Å². The van der Waals surface area contributed by atoms with E-state index in [0.29, 0.717) is 17.1 Å². The first kappa shape index (κ1) is 15.2. The van der Waals surface area contributed by atoms with E-state index >= 15 is 0 Å². The first-order chi connectivity index (χ1) is 13.9. The van der Waals surface area contributed by atoms with Crippen LogP contribution in [0, 0.1) is 0 Å². The van der Waals surface area contributed by atoms with Crippen LogP contribution in [0.25, 0.3) is 56.0 Å². The van der Waals surface area contributed by atoms with Gasteiger partial charge in [-0.25, -0.2) is 15.0 Å². The molecule has 9 heteroatoms. The predicted molar refractivity (Wildman–Crippen MR) is 108 cm³/mol. The number of fused-ring (bicyclic) bond motifs is 2. The van der Waals surface area contributed by atoms with E-state index in [9.17, 15) is 0 Å². The Hall–Kier alpha value is -3.85. The molecular formula is C19H12N8S. The molecule has 0 bridgehead atoms. The van der Waals surface area contributed by atoms with Gasteiger partial charge in [0.15, 0.2) is 17.1 Å². The maximum absolute atomic E-state index is 4.69. The normalized spacial score (nSPS) is 11.6. The smallest absolute Gasteiger partial charge is 0.181 e. The number of pyridine rings is 2. The molecule has 6 aromatic heterocycles. The van der Waals surface area contributed by atoms with Crippen LogP contribution in [0.1, 0.15) is 0 Å². The number of thiophene rings is 1. The number of hydrogen-bond donors (Lipinski definition) is 3. The second kappa shape index (κ2) is 5.83. The topological polar surface area (TPSA) is 112 Å². The maximum Gasteiger partial charge on any atom is 0.181 e. The molecule has 6 rings (SSSR count). The third kappa shape index (κ3) is 2.26. The zero-order valence-electron chi connectivity index (χ0n) is 14.3. The summed E-state index contributed by atoms with van der Waals surface area (Å²) in [5.41, 5.74) is 7.12. The van der Waals surface area contributed by atoms with Crippen molar-refractivity contribution < 1.29 is 0 Å². The number of imidazole rings is 1. The molecule has 0 atom stereocenters. The molecule has 28 heavy (non-hydrogen) atoms. The summed E-state index contributed by atoms with van der Waals surface area (Å²) in [6, 6.07) is 6.12. The van der Waals surface area contributed by atoms with Crippen molar-refractivity contribution in [2.45, 2.75) is 0 Å². The van der Waals surface area contributed by atoms with Crippen LogP contribution in [0.4, 0.5) is 0 Å². The highest BCUT2D eigenvalue weighted by molar-refractivity contribution is 7.08. The lowest BCUT2D eigenvalue weighted by atomic mass is 10.1. The summed E-state index contributed by atoms with van der Waals surface area (Å²) >= 11 is 1.66. The van der Waals surface area contributed by atoms with Gasteiger partial charge in [0.05, 0.1) is 17.1 Å². The molecule has 3 N–H and O–H groups in total. The molecule has 8 nitrogen and oxygen atoms in total. The number of hydrogen-bond acceptors (Lipinski definition) is 6. The van der Waals surface area contributed by atoms with Crippen LogP contribution in [0.15, 0.2) is 53.7 Å². The standard InChI is InChI=1S/C19H12N8S/c1-3-20-18-15(13(1)10-2-4-28-9-10)24-19(25-18)16-14-5-11(12-7-22-23-8-12)6-21-17(14)27-26-16/h1-9H,(H,22,23)(H,20,24,25)(H,21,26,27). The minimum Gasteiger partial charge on any atom is -0.335 e. The Kier molecular flexibility index (Phi) is 3.17. The zero-order valence-corrected chi connectivity index (χ0v) is 15.2. The zero-order chi connectivity index (χ0) is 18.5. The van der Waals surface area contributed by atoms with Gasteiger partial charge < -0.3 is 4.98 Å². The summed E-state index contributed by atoms with van der Waals surface area (Å²) in [6.45, 7) is 0. The molecule has 0 aliphatic carbocycles. The van der Waals surface area contributed by atoms with Gasteiger partial charge in [0.25, 0.3) is 0 Å². The summed E-state index contributed by atoms with van der Waals surface area (Å²) in [5, 5.41) is 19.3. The summed E-state index contributed by atoms with van der Waals surface area (Å²) in [4.78, 5) is 17.0. The number of aromatic amines is 3. The highest BCUT2D eigenvalue weighted by Crippen LogP contribution is 2.32. The second-order valence-electron chi connectivity index (χ2n) is 6.34. The van der Waals surface area contributed by atoms with Crippen LogP contribution in [-0.4, -0.2) is 40.3 Å². The lowest BCUT2D eigenvalue weighted by molar-refractivity contribution is 1.09. The monoisotopic (exact) mass is 384 g/mol. The van der Waals surface area contributed by atoms with E-state index in [0.717, 1.165) is 38.9 Å². The molecule has 0 unspecified atom stereocenters. The van der Waals surface area contributed by atoms with E-state index in [2.05, 4.69) is 57.2 Å². The van der Waals surface area contributed by atoms with Gasteiger partial charge in [0.2, 0.25) is 0 Å².